The fourth-order valence-corrected chi connectivity index (χ4v) is 15.7. The van der Waals surface area contributed by atoms with Gasteiger partial charge in [0.15, 0.2) is 0 Å². The molecule has 0 unspecified atom stereocenters. The van der Waals surface area contributed by atoms with Gasteiger partial charge in [-0.3, -0.25) is 0 Å². The summed E-state index contributed by atoms with van der Waals surface area (Å²) < 4.78 is 0. The molecule has 6 rings (SSSR count). The molecule has 0 saturated carbocycles. The number of thioether (sulfide) groups is 2. The lowest BCUT2D eigenvalue weighted by atomic mass is 10.0. The molecule has 0 heterocycles. The van der Waals surface area contributed by atoms with E-state index < -0.39 is 15.8 Å². The summed E-state index contributed by atoms with van der Waals surface area (Å²) in [6.07, 6.45) is 27.4. The van der Waals surface area contributed by atoms with Crippen molar-refractivity contribution in [2.45, 2.75) is 142 Å². The summed E-state index contributed by atoms with van der Waals surface area (Å²) in [4.78, 5) is 2.81. The van der Waals surface area contributed by atoms with Crippen LogP contribution < -0.4 is 21.2 Å². The molecule has 4 heteroatoms. The van der Waals surface area contributed by atoms with Gasteiger partial charge < -0.3 is 0 Å². The molecular weight excluding hydrogens is 895 g/mol. The van der Waals surface area contributed by atoms with Crippen molar-refractivity contribution in [1.29, 1.82) is 0 Å². The zero-order chi connectivity index (χ0) is 47.1. The molecule has 0 nitrogen and oxygen atoms in total. The van der Waals surface area contributed by atoms with E-state index in [1.54, 1.807) is 0 Å². The Hall–Kier alpha value is -3.64. The van der Waals surface area contributed by atoms with Crippen molar-refractivity contribution in [2.24, 2.45) is 0 Å². The first-order chi connectivity index (χ1) is 33.7. The van der Waals surface area contributed by atoms with E-state index in [1.165, 1.54) is 182 Å². The summed E-state index contributed by atoms with van der Waals surface area (Å²) in [7, 11) is -1.31. The second-order valence-corrected chi connectivity index (χ2v) is 24.6. The summed E-state index contributed by atoms with van der Waals surface area (Å²) in [6.45, 7) is 4.61. The number of benzene rings is 6. The second kappa shape index (κ2) is 33.0. The minimum atomic E-state index is -0.653. The third kappa shape index (κ3) is 19.3. The van der Waals surface area contributed by atoms with Crippen molar-refractivity contribution in [2.75, 3.05) is 11.5 Å². The standard InChI is InChI=1S/C64H80P2S2/c1-3-5-7-9-11-13-15-17-19-33-51-67-63(53-65(59-35-25-21-26-36-59)60-37-27-22-28-38-60)57-47-43-55(44-48-57)56-45-49-58(50-46-56)64(68-52-34-20-18-16-14-12-10-8-6-4-2)54-66(61-39-29-23-30-40-61)62-41-31-24-32-42-62/h21-32,35-50,53-54H,3-20,33-34,51-52H2,1-2H3/b63-53-,64-54-. The van der Waals surface area contributed by atoms with Crippen LogP contribution in [-0.2, 0) is 0 Å². The lowest BCUT2D eigenvalue weighted by Crippen LogP contribution is -2.09. The number of hydrogen-bond donors (Lipinski definition) is 0. The SMILES string of the molecule is CCCCCCCCCCCCS/C(=C\P(c1ccccc1)c1ccccc1)c1ccc(-c2ccc(/C(=C/P(c3ccccc3)c3ccccc3)SCCCCCCCCCCCC)cc2)cc1. The van der Waals surface area contributed by atoms with Crippen molar-refractivity contribution >= 4 is 70.4 Å². The van der Waals surface area contributed by atoms with E-state index >= 15 is 0 Å². The van der Waals surface area contributed by atoms with Gasteiger partial charge in [0.05, 0.1) is 0 Å². The Morgan fingerprint density at radius 1 is 0.309 bits per heavy atom. The van der Waals surface area contributed by atoms with Gasteiger partial charge in [0.1, 0.15) is 0 Å². The fourth-order valence-electron chi connectivity index (χ4n) is 8.77. The maximum Gasteiger partial charge on any atom is 0.0155 e. The molecule has 0 saturated heterocycles. The highest BCUT2D eigenvalue weighted by Crippen LogP contribution is 2.44. The molecule has 0 radical (unpaired) electrons. The second-order valence-electron chi connectivity index (χ2n) is 18.3. The van der Waals surface area contributed by atoms with Crippen molar-refractivity contribution in [1.82, 2.24) is 0 Å². The first-order valence-corrected chi connectivity index (χ1v) is 31.2. The highest BCUT2D eigenvalue weighted by atomic mass is 32.2. The van der Waals surface area contributed by atoms with Crippen LogP contribution in [-0.4, -0.2) is 11.5 Å². The summed E-state index contributed by atoms with van der Waals surface area (Å²) in [5.74, 6) is 7.52. The van der Waals surface area contributed by atoms with E-state index in [-0.39, 0.29) is 0 Å². The molecule has 0 N–H and O–H groups in total. The average molecular weight is 975 g/mol. The van der Waals surface area contributed by atoms with Crippen LogP contribution in [0.2, 0.25) is 0 Å². The van der Waals surface area contributed by atoms with Crippen LogP contribution in [0.15, 0.2) is 181 Å². The van der Waals surface area contributed by atoms with Crippen molar-refractivity contribution < 1.29 is 0 Å². The third-order valence-electron chi connectivity index (χ3n) is 12.8. The van der Waals surface area contributed by atoms with Gasteiger partial charge in [0.2, 0.25) is 0 Å². The van der Waals surface area contributed by atoms with Crippen LogP contribution in [0.4, 0.5) is 0 Å². The van der Waals surface area contributed by atoms with E-state index in [9.17, 15) is 0 Å². The quantitative estimate of drug-likeness (QED) is 0.0298. The van der Waals surface area contributed by atoms with Gasteiger partial charge in [-0.05, 0) is 95.3 Å². The Morgan fingerprint density at radius 2 is 0.559 bits per heavy atom. The van der Waals surface area contributed by atoms with Gasteiger partial charge in [-0.1, -0.05) is 299 Å². The average Bonchev–Trinajstić information content (AvgIpc) is 3.40. The Morgan fingerprint density at radius 3 is 0.824 bits per heavy atom. The van der Waals surface area contributed by atoms with Crippen LogP contribution in [0.1, 0.15) is 153 Å². The zero-order valence-corrected chi connectivity index (χ0v) is 45.0. The normalized spacial score (nSPS) is 12.1. The van der Waals surface area contributed by atoms with Crippen LogP contribution in [0.25, 0.3) is 20.9 Å². The van der Waals surface area contributed by atoms with E-state index in [0.29, 0.717) is 0 Å². The van der Waals surface area contributed by atoms with E-state index in [0.717, 1.165) is 11.5 Å². The Kier molecular flexibility index (Phi) is 26.1. The van der Waals surface area contributed by atoms with Crippen molar-refractivity contribution in [3.8, 4) is 11.1 Å². The Labute approximate surface area is 425 Å². The molecule has 6 aromatic rings. The topological polar surface area (TPSA) is 0 Å². The molecule has 0 amide bonds. The molecule has 0 fully saturated rings. The Bertz CT molecular complexity index is 2010. The number of hydrogen-bond acceptors (Lipinski definition) is 2. The van der Waals surface area contributed by atoms with Gasteiger partial charge in [0.25, 0.3) is 0 Å². The van der Waals surface area contributed by atoms with Gasteiger partial charge in [-0.25, -0.2) is 0 Å². The number of rotatable bonds is 33. The highest BCUT2D eigenvalue weighted by Gasteiger charge is 2.16. The lowest BCUT2D eigenvalue weighted by Gasteiger charge is -2.18. The molecule has 0 spiro atoms. The molecule has 68 heavy (non-hydrogen) atoms. The summed E-state index contributed by atoms with van der Waals surface area (Å²) in [6, 6.07) is 63.6. The van der Waals surface area contributed by atoms with Crippen LogP contribution in [0.5, 0.6) is 0 Å². The maximum absolute atomic E-state index is 2.60. The largest absolute Gasteiger partial charge is 0.125 e. The predicted molar refractivity (Wildman–Crippen MR) is 315 cm³/mol. The first kappa shape index (κ1) is 53.7. The zero-order valence-electron chi connectivity index (χ0n) is 41.6. The molecule has 0 aliphatic carbocycles. The van der Waals surface area contributed by atoms with Crippen LogP contribution in [0.3, 0.4) is 0 Å². The molecule has 0 aromatic heterocycles. The fraction of sp³-hybridized carbons (Fsp3) is 0.375. The molecule has 0 atom stereocenters. The molecular formula is C64H80P2S2. The van der Waals surface area contributed by atoms with E-state index in [4.69, 9.17) is 0 Å². The van der Waals surface area contributed by atoms with E-state index in [2.05, 4.69) is 219 Å². The molecule has 0 bridgehead atoms. The van der Waals surface area contributed by atoms with Gasteiger partial charge >= 0.3 is 0 Å². The van der Waals surface area contributed by atoms with Gasteiger partial charge in [-0.2, -0.15) is 0 Å². The predicted octanol–water partition coefficient (Wildman–Crippen LogP) is 19.5. The minimum Gasteiger partial charge on any atom is -0.125 e. The van der Waals surface area contributed by atoms with Gasteiger partial charge in [0, 0.05) is 9.81 Å². The molecule has 6 aromatic carbocycles. The third-order valence-corrected chi connectivity index (χ3v) is 19.9. The first-order valence-electron chi connectivity index (χ1n) is 26.4. The number of unbranched alkanes of at least 4 members (excludes halogenated alkanes) is 18. The molecule has 0 aliphatic rings. The maximum atomic E-state index is 2.60. The summed E-state index contributed by atoms with van der Waals surface area (Å²) in [5, 5.41) is 5.60. The van der Waals surface area contributed by atoms with E-state index in [1.807, 2.05) is 0 Å². The molecule has 0 aliphatic heterocycles. The summed E-state index contributed by atoms with van der Waals surface area (Å²) >= 11 is 4.13. The molecule has 358 valence electrons. The van der Waals surface area contributed by atoms with Crippen molar-refractivity contribution in [3.63, 3.8) is 0 Å². The monoisotopic (exact) mass is 975 g/mol. The van der Waals surface area contributed by atoms with Gasteiger partial charge in [-0.15, -0.1) is 23.5 Å². The minimum absolute atomic E-state index is 0.653. The van der Waals surface area contributed by atoms with Crippen LogP contribution >= 0.6 is 39.4 Å². The summed E-state index contributed by atoms with van der Waals surface area (Å²) in [5.41, 5.74) is 5.19. The lowest BCUT2D eigenvalue weighted by molar-refractivity contribution is 0.563. The highest BCUT2D eigenvalue weighted by molar-refractivity contribution is 8.09. The Balaban J connectivity index is 1.18. The van der Waals surface area contributed by atoms with Crippen LogP contribution in [0, 0.1) is 0 Å². The van der Waals surface area contributed by atoms with Crippen molar-refractivity contribution in [3.05, 3.63) is 193 Å². The smallest absolute Gasteiger partial charge is 0.0155 e.